The molecule has 2 atom stereocenters. The maximum absolute atomic E-state index is 14.0. The number of rotatable bonds is 9. The van der Waals surface area contributed by atoms with Gasteiger partial charge in [-0.3, -0.25) is 9.59 Å². The number of piperidine rings is 1. The van der Waals surface area contributed by atoms with Gasteiger partial charge < -0.3 is 20.5 Å². The van der Waals surface area contributed by atoms with Crippen LogP contribution >= 0.6 is 0 Å². The highest BCUT2D eigenvalue weighted by Gasteiger charge is 2.27. The van der Waals surface area contributed by atoms with Crippen molar-refractivity contribution in [3.8, 4) is 0 Å². The van der Waals surface area contributed by atoms with Crippen LogP contribution < -0.4 is 10.6 Å². The molecule has 1 aliphatic heterocycles. The van der Waals surface area contributed by atoms with Crippen molar-refractivity contribution in [2.75, 3.05) is 13.1 Å². The third-order valence-electron chi connectivity index (χ3n) is 6.25. The fourth-order valence-electron chi connectivity index (χ4n) is 4.14. The summed E-state index contributed by atoms with van der Waals surface area (Å²) in [6, 6.07) is 3.47. The zero-order chi connectivity index (χ0) is 24.9. The van der Waals surface area contributed by atoms with Crippen LogP contribution in [-0.2, 0) is 9.59 Å². The van der Waals surface area contributed by atoms with Gasteiger partial charge in [-0.1, -0.05) is 33.4 Å². The minimum absolute atomic E-state index is 0.0254. The third-order valence-corrected chi connectivity index (χ3v) is 6.25. The Hall–Kier alpha value is -2.90. The van der Waals surface area contributed by atoms with Crippen LogP contribution in [0, 0.1) is 11.2 Å². The van der Waals surface area contributed by atoms with E-state index < -0.39 is 17.9 Å². The number of nitrogens with one attached hydrogen (secondary N) is 3. The quantitative estimate of drug-likeness (QED) is 0.499. The maximum atomic E-state index is 14.0. The molecule has 1 aromatic heterocycles. The predicted molar refractivity (Wildman–Crippen MR) is 132 cm³/mol. The molecule has 2 heterocycles. The lowest BCUT2D eigenvalue weighted by Gasteiger charge is -2.32. The molecule has 3 rings (SSSR count). The predicted octanol–water partition coefficient (Wildman–Crippen LogP) is 4.58. The Kier molecular flexibility index (Phi) is 8.33. The number of hydrogen-bond donors (Lipinski definition) is 3. The van der Waals surface area contributed by atoms with Crippen LogP contribution in [0.15, 0.2) is 30.5 Å². The van der Waals surface area contributed by atoms with Gasteiger partial charge in [0.15, 0.2) is 5.82 Å². The van der Waals surface area contributed by atoms with E-state index in [1.165, 1.54) is 12.5 Å². The Labute approximate surface area is 201 Å². The van der Waals surface area contributed by atoms with E-state index in [0.717, 1.165) is 38.0 Å². The lowest BCUT2D eigenvalue weighted by molar-refractivity contribution is -0.129. The molecule has 1 saturated heterocycles. The molecule has 0 radical (unpaired) electrons. The van der Waals surface area contributed by atoms with Crippen molar-refractivity contribution in [2.45, 2.75) is 78.3 Å². The van der Waals surface area contributed by atoms with Gasteiger partial charge in [0.1, 0.15) is 17.4 Å². The summed E-state index contributed by atoms with van der Waals surface area (Å²) in [6.07, 6.45) is 4.82. The number of nitrogens with zero attached hydrogens (tertiary/aromatic N) is 2. The molecule has 186 valence electrons. The third kappa shape index (κ3) is 7.05. The largest absolute Gasteiger partial charge is 0.375 e. The van der Waals surface area contributed by atoms with Gasteiger partial charge in [0.05, 0.1) is 11.6 Å². The summed E-state index contributed by atoms with van der Waals surface area (Å²) in [6.45, 7) is 14.1. The van der Waals surface area contributed by atoms with E-state index in [-0.39, 0.29) is 22.7 Å². The molecule has 1 aromatic carbocycles. The van der Waals surface area contributed by atoms with Crippen LogP contribution in [0.4, 0.5) is 4.39 Å². The standard InChI is InChI=1S/C26H38FN5O2/c1-17(32-14-7-6-8-15-32)16-21(29-22(33)12-13-26(3,4)5)25(34)28-18(2)24-30-20-11-9-10-19(27)23(20)31-24/h9-11,18,21H,1,6-8,12-16H2,2-5H3,(H,28,34)(H,29,33)(H,30,31)/t18-,21-/m0/s1. The average Bonchev–Trinajstić information content (AvgIpc) is 3.23. The number of halogens is 1. The van der Waals surface area contributed by atoms with Crippen LogP contribution in [0.25, 0.3) is 11.0 Å². The maximum Gasteiger partial charge on any atom is 0.243 e. The second-order valence-electron chi connectivity index (χ2n) is 10.5. The lowest BCUT2D eigenvalue weighted by atomic mass is 9.90. The zero-order valence-corrected chi connectivity index (χ0v) is 20.8. The van der Waals surface area contributed by atoms with E-state index in [9.17, 15) is 14.0 Å². The normalized spacial score (nSPS) is 16.2. The number of H-pyrrole nitrogens is 1. The first kappa shape index (κ1) is 25.7. The first-order chi connectivity index (χ1) is 16.0. The highest BCUT2D eigenvalue weighted by Crippen LogP contribution is 2.22. The van der Waals surface area contributed by atoms with Gasteiger partial charge in [0.2, 0.25) is 11.8 Å². The van der Waals surface area contributed by atoms with Gasteiger partial charge in [-0.15, -0.1) is 0 Å². The number of likely N-dealkylation sites (tertiary alicyclic amines) is 1. The van der Waals surface area contributed by atoms with Crippen LogP contribution in [0.3, 0.4) is 0 Å². The summed E-state index contributed by atoms with van der Waals surface area (Å²) in [5, 5.41) is 5.86. The van der Waals surface area contributed by atoms with E-state index in [1.54, 1.807) is 19.1 Å². The lowest BCUT2D eigenvalue weighted by Crippen LogP contribution is -2.48. The van der Waals surface area contributed by atoms with E-state index >= 15 is 0 Å². The molecule has 0 saturated carbocycles. The van der Waals surface area contributed by atoms with Gasteiger partial charge in [-0.25, -0.2) is 9.37 Å². The number of fused-ring (bicyclic) bond motifs is 1. The molecule has 8 heteroatoms. The summed E-state index contributed by atoms with van der Waals surface area (Å²) in [7, 11) is 0. The van der Waals surface area contributed by atoms with Crippen LogP contribution in [-0.4, -0.2) is 45.8 Å². The Morgan fingerprint density at radius 3 is 2.56 bits per heavy atom. The Morgan fingerprint density at radius 1 is 1.21 bits per heavy atom. The number of benzene rings is 1. The van der Waals surface area contributed by atoms with Crippen LogP contribution in [0.5, 0.6) is 0 Å². The molecule has 34 heavy (non-hydrogen) atoms. The fraction of sp³-hybridized carbons (Fsp3) is 0.577. The summed E-state index contributed by atoms with van der Waals surface area (Å²) in [4.78, 5) is 35.5. The molecular formula is C26H38FN5O2. The van der Waals surface area contributed by atoms with Crippen molar-refractivity contribution < 1.29 is 14.0 Å². The second kappa shape index (κ2) is 11.0. The average molecular weight is 472 g/mol. The van der Waals surface area contributed by atoms with Crippen LogP contribution in [0.2, 0.25) is 0 Å². The Morgan fingerprint density at radius 2 is 1.91 bits per heavy atom. The molecule has 2 amide bonds. The molecule has 0 aliphatic carbocycles. The molecule has 0 bridgehead atoms. The molecule has 1 fully saturated rings. The van der Waals surface area contributed by atoms with Gasteiger partial charge in [0, 0.05) is 31.6 Å². The smallest absolute Gasteiger partial charge is 0.243 e. The number of carbonyl (C=O) groups is 2. The van der Waals surface area contributed by atoms with Gasteiger partial charge in [-0.2, -0.15) is 0 Å². The fourth-order valence-corrected chi connectivity index (χ4v) is 4.14. The van der Waals surface area contributed by atoms with Crippen molar-refractivity contribution >= 4 is 22.8 Å². The number of aromatic nitrogens is 2. The molecule has 7 nitrogen and oxygen atoms in total. The van der Waals surface area contributed by atoms with Crippen molar-refractivity contribution in [1.82, 2.24) is 25.5 Å². The molecule has 3 N–H and O–H groups in total. The SMILES string of the molecule is C=C(C[C@H](NC(=O)CCC(C)(C)C)C(=O)N[C@@H](C)c1nc2c(F)cccc2[nH]1)N1CCCCC1. The van der Waals surface area contributed by atoms with Gasteiger partial charge >= 0.3 is 0 Å². The second-order valence-corrected chi connectivity index (χ2v) is 10.5. The number of carbonyl (C=O) groups excluding carboxylic acids is 2. The van der Waals surface area contributed by atoms with Crippen molar-refractivity contribution in [3.63, 3.8) is 0 Å². The molecular weight excluding hydrogens is 433 g/mol. The van der Waals surface area contributed by atoms with Crippen molar-refractivity contribution in [3.05, 3.63) is 42.1 Å². The Balaban J connectivity index is 1.70. The molecule has 1 aliphatic rings. The highest BCUT2D eigenvalue weighted by molar-refractivity contribution is 5.88. The van der Waals surface area contributed by atoms with Gasteiger partial charge in [0.25, 0.3) is 0 Å². The minimum atomic E-state index is -0.745. The van der Waals surface area contributed by atoms with Crippen molar-refractivity contribution in [1.29, 1.82) is 0 Å². The van der Waals surface area contributed by atoms with E-state index in [1.807, 2.05) is 0 Å². The zero-order valence-electron chi connectivity index (χ0n) is 20.8. The molecule has 0 unspecified atom stereocenters. The summed E-state index contributed by atoms with van der Waals surface area (Å²) >= 11 is 0. The molecule has 0 spiro atoms. The van der Waals surface area contributed by atoms with E-state index in [2.05, 4.69) is 52.9 Å². The van der Waals surface area contributed by atoms with Gasteiger partial charge in [-0.05, 0) is 50.2 Å². The van der Waals surface area contributed by atoms with E-state index in [0.29, 0.717) is 24.2 Å². The topological polar surface area (TPSA) is 90.1 Å². The first-order valence-electron chi connectivity index (χ1n) is 12.2. The van der Waals surface area contributed by atoms with Crippen LogP contribution in [0.1, 0.15) is 78.1 Å². The van der Waals surface area contributed by atoms with Crippen molar-refractivity contribution in [2.24, 2.45) is 5.41 Å². The molecule has 2 aromatic rings. The number of hydrogen-bond acceptors (Lipinski definition) is 4. The minimum Gasteiger partial charge on any atom is -0.375 e. The highest BCUT2D eigenvalue weighted by atomic mass is 19.1. The number of aromatic amines is 1. The summed E-state index contributed by atoms with van der Waals surface area (Å²) in [5.41, 5.74) is 1.69. The van der Waals surface area contributed by atoms with E-state index in [4.69, 9.17) is 0 Å². The first-order valence-corrected chi connectivity index (χ1v) is 12.2. The monoisotopic (exact) mass is 471 g/mol. The summed E-state index contributed by atoms with van der Waals surface area (Å²) in [5.74, 6) is -0.419. The number of amides is 2. The Bertz CT molecular complexity index is 1020. The number of imidazole rings is 1. The summed E-state index contributed by atoms with van der Waals surface area (Å²) < 4.78 is 14.0. The number of para-hydroxylation sites is 1.